The van der Waals surface area contributed by atoms with Crippen molar-refractivity contribution in [3.05, 3.63) is 38.5 Å². The van der Waals surface area contributed by atoms with Gasteiger partial charge in [0.1, 0.15) is 11.6 Å². The normalized spacial score (nSPS) is 15.3. The van der Waals surface area contributed by atoms with E-state index >= 15 is 0 Å². The van der Waals surface area contributed by atoms with Crippen molar-refractivity contribution in [3.63, 3.8) is 0 Å². The summed E-state index contributed by atoms with van der Waals surface area (Å²) in [5.41, 5.74) is 0.646. The van der Waals surface area contributed by atoms with Crippen molar-refractivity contribution in [3.8, 4) is 5.75 Å². The number of benzene rings is 1. The van der Waals surface area contributed by atoms with Gasteiger partial charge in [0.15, 0.2) is 0 Å². The third-order valence-corrected chi connectivity index (χ3v) is 3.30. The van der Waals surface area contributed by atoms with E-state index in [0.717, 1.165) is 17.3 Å². The van der Waals surface area contributed by atoms with E-state index in [4.69, 9.17) is 0 Å². The van der Waals surface area contributed by atoms with Crippen LogP contribution in [0.1, 0.15) is 18.4 Å². The van der Waals surface area contributed by atoms with Gasteiger partial charge in [-0.05, 0) is 47.0 Å². The highest BCUT2D eigenvalue weighted by Crippen LogP contribution is 2.30. The van der Waals surface area contributed by atoms with Crippen molar-refractivity contribution < 1.29 is 5.11 Å². The number of aromatic hydroxyl groups is 1. The predicted octanol–water partition coefficient (Wildman–Crippen LogP) is 4.04. The molecular formula is C12H10Br2N2O. The number of rotatable bonds is 2. The van der Waals surface area contributed by atoms with E-state index in [-0.39, 0.29) is 5.75 Å². The van der Waals surface area contributed by atoms with E-state index in [9.17, 15) is 5.11 Å². The van der Waals surface area contributed by atoms with Crippen LogP contribution in [0.15, 0.2) is 43.0 Å². The first-order valence-corrected chi connectivity index (χ1v) is 6.70. The number of phenolic OH excluding ortho intramolecular Hbond substituents is 1. The van der Waals surface area contributed by atoms with Gasteiger partial charge in [0, 0.05) is 22.5 Å². The Bertz CT molecular complexity index is 521. The summed E-state index contributed by atoms with van der Waals surface area (Å²) in [6.45, 7) is 0. The summed E-state index contributed by atoms with van der Waals surface area (Å²) >= 11 is 6.64. The molecule has 88 valence electrons. The topological polar surface area (TPSA) is 45.0 Å². The Morgan fingerprint density at radius 2 is 2.12 bits per heavy atom. The summed E-state index contributed by atoms with van der Waals surface area (Å²) in [5, 5.41) is 9.83. The van der Waals surface area contributed by atoms with Gasteiger partial charge in [0.05, 0.1) is 4.47 Å². The van der Waals surface area contributed by atoms with Crippen LogP contribution in [0, 0.1) is 0 Å². The van der Waals surface area contributed by atoms with Gasteiger partial charge in [-0.3, -0.25) is 0 Å². The lowest BCUT2D eigenvalue weighted by Crippen LogP contribution is -1.89. The van der Waals surface area contributed by atoms with Crippen molar-refractivity contribution in [2.24, 2.45) is 9.98 Å². The smallest absolute Gasteiger partial charge is 0.147 e. The Labute approximate surface area is 116 Å². The summed E-state index contributed by atoms with van der Waals surface area (Å²) in [5.74, 6) is 0.865. The molecule has 0 bridgehead atoms. The summed E-state index contributed by atoms with van der Waals surface area (Å²) in [6.07, 6.45) is 7.36. The Hall–Kier alpha value is -0.940. The standard InChI is InChI=1S/C12H10Br2N2O/c13-9-5-8(12(17)10(14)6-9)7-16-11-3-1-2-4-15-11/h3-7,17H,1-2H2. The molecule has 0 fully saturated rings. The molecule has 1 aliphatic heterocycles. The molecule has 0 aliphatic carbocycles. The van der Waals surface area contributed by atoms with Crippen molar-refractivity contribution in [1.29, 1.82) is 0 Å². The van der Waals surface area contributed by atoms with Crippen molar-refractivity contribution >= 4 is 44.3 Å². The number of aliphatic imine (C=N–C) groups is 2. The highest BCUT2D eigenvalue weighted by molar-refractivity contribution is 9.11. The average Bonchev–Trinajstić information content (AvgIpc) is 2.33. The highest BCUT2D eigenvalue weighted by Gasteiger charge is 2.05. The third-order valence-electron chi connectivity index (χ3n) is 2.24. The summed E-state index contributed by atoms with van der Waals surface area (Å²) < 4.78 is 1.51. The van der Waals surface area contributed by atoms with Crippen molar-refractivity contribution in [2.45, 2.75) is 12.8 Å². The molecule has 1 heterocycles. The van der Waals surface area contributed by atoms with Crippen LogP contribution >= 0.6 is 31.9 Å². The molecule has 0 radical (unpaired) electrons. The Morgan fingerprint density at radius 1 is 1.29 bits per heavy atom. The molecule has 0 saturated heterocycles. The second-order valence-corrected chi connectivity index (χ2v) is 5.31. The molecule has 5 heteroatoms. The van der Waals surface area contributed by atoms with Crippen LogP contribution in [0.4, 0.5) is 0 Å². The number of allylic oxidation sites excluding steroid dienone is 1. The maximum absolute atomic E-state index is 9.83. The minimum absolute atomic E-state index is 0.178. The zero-order valence-electron chi connectivity index (χ0n) is 8.90. The third kappa shape index (κ3) is 3.26. The number of nitrogens with zero attached hydrogens (tertiary/aromatic N) is 2. The molecule has 2 rings (SSSR count). The van der Waals surface area contributed by atoms with Gasteiger partial charge in [-0.2, -0.15) is 0 Å². The molecule has 3 nitrogen and oxygen atoms in total. The fraction of sp³-hybridized carbons (Fsp3) is 0.167. The monoisotopic (exact) mass is 356 g/mol. The molecule has 0 saturated carbocycles. The first-order chi connectivity index (χ1) is 8.16. The quantitative estimate of drug-likeness (QED) is 0.797. The van der Waals surface area contributed by atoms with Gasteiger partial charge < -0.3 is 5.11 Å². The lowest BCUT2D eigenvalue weighted by molar-refractivity contribution is 0.471. The molecule has 17 heavy (non-hydrogen) atoms. The van der Waals surface area contributed by atoms with Gasteiger partial charge in [0.2, 0.25) is 0 Å². The fourth-order valence-electron chi connectivity index (χ4n) is 1.40. The average molecular weight is 358 g/mol. The molecule has 0 atom stereocenters. The van der Waals surface area contributed by atoms with E-state index in [2.05, 4.69) is 41.8 Å². The van der Waals surface area contributed by atoms with Crippen LogP contribution in [-0.2, 0) is 0 Å². The molecule has 0 aromatic heterocycles. The minimum atomic E-state index is 0.178. The molecule has 0 amide bonds. The van der Waals surface area contributed by atoms with Crippen molar-refractivity contribution in [1.82, 2.24) is 0 Å². The highest BCUT2D eigenvalue weighted by atomic mass is 79.9. The molecule has 0 unspecified atom stereocenters. The second-order valence-electron chi connectivity index (χ2n) is 3.53. The van der Waals surface area contributed by atoms with Gasteiger partial charge in [-0.1, -0.05) is 15.9 Å². The Balaban J connectivity index is 2.26. The van der Waals surface area contributed by atoms with Gasteiger partial charge >= 0.3 is 0 Å². The fourth-order valence-corrected chi connectivity index (χ4v) is 2.66. The van der Waals surface area contributed by atoms with Crippen LogP contribution in [0.5, 0.6) is 5.75 Å². The summed E-state index contributed by atoms with van der Waals surface area (Å²) in [7, 11) is 0. The molecule has 0 spiro atoms. The SMILES string of the molecule is Oc1c(Br)cc(Br)cc1C=NC1=CCCC=N1. The van der Waals surface area contributed by atoms with Gasteiger partial charge in [-0.15, -0.1) is 0 Å². The van der Waals surface area contributed by atoms with Crippen LogP contribution in [0.3, 0.4) is 0 Å². The zero-order chi connectivity index (χ0) is 12.3. The van der Waals surface area contributed by atoms with E-state index in [1.165, 1.54) is 0 Å². The van der Waals surface area contributed by atoms with E-state index in [0.29, 0.717) is 15.9 Å². The Morgan fingerprint density at radius 3 is 2.82 bits per heavy atom. The van der Waals surface area contributed by atoms with Crippen LogP contribution in [-0.4, -0.2) is 17.5 Å². The zero-order valence-corrected chi connectivity index (χ0v) is 12.1. The minimum Gasteiger partial charge on any atom is -0.506 e. The molecular weight excluding hydrogens is 348 g/mol. The Kier molecular flexibility index (Phi) is 4.12. The van der Waals surface area contributed by atoms with Crippen LogP contribution < -0.4 is 0 Å². The number of halogens is 2. The first-order valence-electron chi connectivity index (χ1n) is 5.11. The van der Waals surface area contributed by atoms with Gasteiger partial charge in [0.25, 0.3) is 0 Å². The van der Waals surface area contributed by atoms with Gasteiger partial charge in [-0.25, -0.2) is 9.98 Å². The molecule has 1 N–H and O–H groups in total. The van der Waals surface area contributed by atoms with E-state index in [1.54, 1.807) is 18.3 Å². The van der Waals surface area contributed by atoms with E-state index < -0.39 is 0 Å². The first kappa shape index (κ1) is 12.5. The van der Waals surface area contributed by atoms with E-state index in [1.807, 2.05) is 12.3 Å². The predicted molar refractivity (Wildman–Crippen MR) is 76.9 cm³/mol. The van der Waals surface area contributed by atoms with Crippen molar-refractivity contribution in [2.75, 3.05) is 0 Å². The van der Waals surface area contributed by atoms with Crippen LogP contribution in [0.2, 0.25) is 0 Å². The largest absolute Gasteiger partial charge is 0.506 e. The number of hydrogen-bond acceptors (Lipinski definition) is 3. The maximum Gasteiger partial charge on any atom is 0.147 e. The molecule has 1 aromatic rings. The van der Waals surface area contributed by atoms with Crippen LogP contribution in [0.25, 0.3) is 0 Å². The number of hydrogen-bond donors (Lipinski definition) is 1. The summed E-state index contributed by atoms with van der Waals surface area (Å²) in [6, 6.07) is 3.58. The molecule has 1 aromatic carbocycles. The summed E-state index contributed by atoms with van der Waals surface area (Å²) in [4.78, 5) is 8.39. The maximum atomic E-state index is 9.83. The lowest BCUT2D eigenvalue weighted by Gasteiger charge is -2.03. The molecule has 1 aliphatic rings. The second kappa shape index (κ2) is 5.60. The number of phenols is 1. The lowest BCUT2D eigenvalue weighted by atomic mass is 10.2.